The Morgan fingerprint density at radius 1 is 1.25 bits per heavy atom. The lowest BCUT2D eigenvalue weighted by Gasteiger charge is -2.07. The maximum atomic E-state index is 11.8. The van der Waals surface area contributed by atoms with Gasteiger partial charge in [-0.1, -0.05) is 34.8 Å². The van der Waals surface area contributed by atoms with Crippen LogP contribution in [0.2, 0.25) is 15.1 Å². The normalized spacial score (nSPS) is 10.6. The second kappa shape index (κ2) is 6.48. The number of nitrogens with zero attached hydrogens (tertiary/aromatic N) is 2. The summed E-state index contributed by atoms with van der Waals surface area (Å²) >= 11 is 17.6. The quantitative estimate of drug-likeness (QED) is 0.913. The van der Waals surface area contributed by atoms with Gasteiger partial charge in [0, 0.05) is 12.1 Å². The molecular weight excluding hydrogens is 321 g/mol. The number of aromatic nitrogens is 2. The van der Waals surface area contributed by atoms with Gasteiger partial charge in [-0.25, -0.2) is 0 Å². The van der Waals surface area contributed by atoms with E-state index in [0.717, 1.165) is 5.69 Å². The first-order chi connectivity index (χ1) is 9.47. The molecule has 106 valence electrons. The van der Waals surface area contributed by atoms with Gasteiger partial charge < -0.3 is 5.32 Å². The Kier molecular flexibility index (Phi) is 4.91. The third-order valence-corrected chi connectivity index (χ3v) is 3.91. The van der Waals surface area contributed by atoms with Crippen LogP contribution < -0.4 is 5.32 Å². The van der Waals surface area contributed by atoms with E-state index in [0.29, 0.717) is 33.7 Å². The molecule has 7 heteroatoms. The lowest BCUT2D eigenvalue weighted by Crippen LogP contribution is -2.15. The number of rotatable bonds is 4. The molecule has 0 fully saturated rings. The number of aryl methyl sites for hydroxylation is 1. The van der Waals surface area contributed by atoms with Crippen molar-refractivity contribution < 1.29 is 4.79 Å². The Bertz CT molecular complexity index is 640. The SMILES string of the molecule is Cc1c(Cl)cnn1CCC(=O)Nc1ccc(Cl)c(Cl)c1. The fourth-order valence-electron chi connectivity index (χ4n) is 1.65. The molecule has 4 nitrogen and oxygen atoms in total. The molecule has 0 spiro atoms. The number of halogens is 3. The third kappa shape index (κ3) is 3.66. The molecule has 0 radical (unpaired) electrons. The first-order valence-corrected chi connectivity index (χ1v) is 7.03. The molecule has 0 aliphatic rings. The Labute approximate surface area is 131 Å². The summed E-state index contributed by atoms with van der Waals surface area (Å²) in [4.78, 5) is 11.8. The molecule has 1 amide bonds. The lowest BCUT2D eigenvalue weighted by molar-refractivity contribution is -0.116. The monoisotopic (exact) mass is 331 g/mol. The van der Waals surface area contributed by atoms with Crippen LogP contribution in [0.5, 0.6) is 0 Å². The molecule has 1 aromatic carbocycles. The number of hydrogen-bond acceptors (Lipinski definition) is 2. The fourth-order valence-corrected chi connectivity index (χ4v) is 2.09. The van der Waals surface area contributed by atoms with Crippen LogP contribution in [0.25, 0.3) is 0 Å². The standard InChI is InChI=1S/C13H12Cl3N3O/c1-8-12(16)7-17-19(8)5-4-13(20)18-9-2-3-10(14)11(15)6-9/h2-3,6-7H,4-5H2,1H3,(H,18,20). The van der Waals surface area contributed by atoms with Gasteiger partial charge in [-0.3, -0.25) is 9.48 Å². The highest BCUT2D eigenvalue weighted by Gasteiger charge is 2.08. The highest BCUT2D eigenvalue weighted by atomic mass is 35.5. The Hall–Kier alpha value is -1.23. The van der Waals surface area contributed by atoms with Crippen LogP contribution in [0.1, 0.15) is 12.1 Å². The van der Waals surface area contributed by atoms with Crippen molar-refractivity contribution in [2.75, 3.05) is 5.32 Å². The van der Waals surface area contributed by atoms with Gasteiger partial charge in [-0.05, 0) is 25.1 Å². The van der Waals surface area contributed by atoms with E-state index in [4.69, 9.17) is 34.8 Å². The number of benzene rings is 1. The third-order valence-electron chi connectivity index (χ3n) is 2.80. The Morgan fingerprint density at radius 2 is 2.00 bits per heavy atom. The van der Waals surface area contributed by atoms with E-state index < -0.39 is 0 Å². The predicted octanol–water partition coefficient (Wildman–Crippen LogP) is 4.18. The molecule has 20 heavy (non-hydrogen) atoms. The van der Waals surface area contributed by atoms with Crippen molar-refractivity contribution in [2.45, 2.75) is 19.9 Å². The van der Waals surface area contributed by atoms with Crippen LogP contribution in [0.15, 0.2) is 24.4 Å². The van der Waals surface area contributed by atoms with Gasteiger partial charge in [-0.15, -0.1) is 0 Å². The zero-order valence-corrected chi connectivity index (χ0v) is 12.9. The molecule has 1 N–H and O–H groups in total. The molecule has 0 saturated carbocycles. The predicted molar refractivity (Wildman–Crippen MR) is 81.7 cm³/mol. The molecule has 1 heterocycles. The van der Waals surface area contributed by atoms with Crippen LogP contribution >= 0.6 is 34.8 Å². The zero-order chi connectivity index (χ0) is 14.7. The summed E-state index contributed by atoms with van der Waals surface area (Å²) in [7, 11) is 0. The van der Waals surface area contributed by atoms with Gasteiger partial charge in [0.15, 0.2) is 0 Å². The van der Waals surface area contributed by atoms with E-state index in [9.17, 15) is 4.79 Å². The van der Waals surface area contributed by atoms with E-state index in [2.05, 4.69) is 10.4 Å². The molecule has 0 saturated heterocycles. The van der Waals surface area contributed by atoms with Crippen LogP contribution in [-0.2, 0) is 11.3 Å². The summed E-state index contributed by atoms with van der Waals surface area (Å²) in [6, 6.07) is 4.94. The topological polar surface area (TPSA) is 46.9 Å². The van der Waals surface area contributed by atoms with E-state index in [1.807, 2.05) is 6.92 Å². The molecule has 0 aliphatic heterocycles. The van der Waals surface area contributed by atoms with Crippen LogP contribution in [0.3, 0.4) is 0 Å². The van der Waals surface area contributed by atoms with Gasteiger partial charge in [-0.2, -0.15) is 5.10 Å². The molecule has 2 rings (SSSR count). The largest absolute Gasteiger partial charge is 0.326 e. The second-order valence-corrected chi connectivity index (χ2v) is 5.45. The number of carbonyl (C=O) groups excluding carboxylic acids is 1. The molecule has 2 aromatic rings. The average molecular weight is 333 g/mol. The van der Waals surface area contributed by atoms with Crippen LogP contribution in [0.4, 0.5) is 5.69 Å². The number of amides is 1. The summed E-state index contributed by atoms with van der Waals surface area (Å²) in [5, 5.41) is 8.28. The van der Waals surface area contributed by atoms with Gasteiger partial charge in [0.05, 0.1) is 33.5 Å². The molecule has 1 aromatic heterocycles. The highest BCUT2D eigenvalue weighted by Crippen LogP contribution is 2.25. The summed E-state index contributed by atoms with van der Waals surface area (Å²) in [5.74, 6) is -0.130. The van der Waals surface area contributed by atoms with E-state index in [-0.39, 0.29) is 5.91 Å². The van der Waals surface area contributed by atoms with E-state index in [1.165, 1.54) is 0 Å². The molecular formula is C13H12Cl3N3O. The average Bonchev–Trinajstić information content (AvgIpc) is 2.72. The van der Waals surface area contributed by atoms with Crippen molar-refractivity contribution in [3.63, 3.8) is 0 Å². The zero-order valence-electron chi connectivity index (χ0n) is 10.7. The van der Waals surface area contributed by atoms with Crippen molar-refractivity contribution in [2.24, 2.45) is 0 Å². The van der Waals surface area contributed by atoms with Crippen LogP contribution in [0, 0.1) is 6.92 Å². The lowest BCUT2D eigenvalue weighted by atomic mass is 10.3. The smallest absolute Gasteiger partial charge is 0.226 e. The summed E-state index contributed by atoms with van der Waals surface area (Å²) in [6.07, 6.45) is 1.85. The van der Waals surface area contributed by atoms with Crippen molar-refractivity contribution in [1.82, 2.24) is 9.78 Å². The number of anilines is 1. The highest BCUT2D eigenvalue weighted by molar-refractivity contribution is 6.42. The maximum Gasteiger partial charge on any atom is 0.226 e. The molecule has 0 bridgehead atoms. The first kappa shape index (κ1) is 15.2. The maximum absolute atomic E-state index is 11.8. The van der Waals surface area contributed by atoms with Crippen molar-refractivity contribution >= 4 is 46.4 Å². The minimum absolute atomic E-state index is 0.130. The minimum atomic E-state index is -0.130. The number of hydrogen-bond donors (Lipinski definition) is 1. The molecule has 0 aliphatic carbocycles. The van der Waals surface area contributed by atoms with E-state index in [1.54, 1.807) is 29.1 Å². The molecule has 0 atom stereocenters. The molecule has 0 unspecified atom stereocenters. The second-order valence-electron chi connectivity index (χ2n) is 4.23. The summed E-state index contributed by atoms with van der Waals surface area (Å²) in [6.45, 7) is 2.32. The first-order valence-electron chi connectivity index (χ1n) is 5.90. The van der Waals surface area contributed by atoms with Crippen molar-refractivity contribution in [1.29, 1.82) is 0 Å². The summed E-state index contributed by atoms with van der Waals surface area (Å²) in [5.41, 5.74) is 1.45. The number of nitrogens with one attached hydrogen (secondary N) is 1. The Morgan fingerprint density at radius 3 is 2.60 bits per heavy atom. The van der Waals surface area contributed by atoms with Crippen molar-refractivity contribution in [3.05, 3.63) is 45.2 Å². The van der Waals surface area contributed by atoms with Gasteiger partial charge in [0.2, 0.25) is 5.91 Å². The minimum Gasteiger partial charge on any atom is -0.326 e. The van der Waals surface area contributed by atoms with Crippen LogP contribution in [-0.4, -0.2) is 15.7 Å². The van der Waals surface area contributed by atoms with E-state index >= 15 is 0 Å². The van der Waals surface area contributed by atoms with Crippen molar-refractivity contribution in [3.8, 4) is 0 Å². The summed E-state index contributed by atoms with van der Waals surface area (Å²) < 4.78 is 1.69. The fraction of sp³-hybridized carbons (Fsp3) is 0.231. The van der Waals surface area contributed by atoms with Gasteiger partial charge >= 0.3 is 0 Å². The van der Waals surface area contributed by atoms with Gasteiger partial charge in [0.1, 0.15) is 0 Å². The number of carbonyl (C=O) groups is 1. The Balaban J connectivity index is 1.92. The van der Waals surface area contributed by atoms with Gasteiger partial charge in [0.25, 0.3) is 0 Å².